The normalized spacial score (nSPS) is 11.6. The Kier molecular flexibility index (Phi) is 6.93. The van der Waals surface area contributed by atoms with Crippen LogP contribution < -0.4 is 10.1 Å². The Morgan fingerprint density at radius 3 is 2.26 bits per heavy atom. The van der Waals surface area contributed by atoms with Crippen molar-refractivity contribution in [3.05, 3.63) is 29.8 Å². The van der Waals surface area contributed by atoms with Gasteiger partial charge in [0.2, 0.25) is 0 Å². The molecule has 1 aromatic rings. The first-order valence-corrected chi connectivity index (χ1v) is 7.54. The van der Waals surface area contributed by atoms with E-state index in [1.807, 2.05) is 0 Å². The second-order valence-electron chi connectivity index (χ2n) is 5.76. The van der Waals surface area contributed by atoms with Crippen molar-refractivity contribution in [1.82, 2.24) is 5.32 Å². The Bertz CT molecular complexity index is 343. The lowest BCUT2D eigenvalue weighted by Crippen LogP contribution is -2.25. The monoisotopic (exact) mass is 263 g/mol. The van der Waals surface area contributed by atoms with Crippen LogP contribution in [0.1, 0.15) is 52.5 Å². The molecule has 0 fully saturated rings. The summed E-state index contributed by atoms with van der Waals surface area (Å²) in [6.07, 6.45) is 3.41. The number of hydrogen-bond donors (Lipinski definition) is 1. The van der Waals surface area contributed by atoms with Crippen LogP contribution in [0.3, 0.4) is 0 Å². The number of rotatable bonds is 9. The smallest absolute Gasteiger partial charge is 0.119 e. The summed E-state index contributed by atoms with van der Waals surface area (Å²) in [7, 11) is 0. The lowest BCUT2D eigenvalue weighted by molar-refractivity contribution is 0.317. The Labute approximate surface area is 118 Å². The van der Waals surface area contributed by atoms with E-state index in [2.05, 4.69) is 57.3 Å². The minimum atomic E-state index is 0.212. The molecule has 19 heavy (non-hydrogen) atoms. The van der Waals surface area contributed by atoms with E-state index in [-0.39, 0.29) is 5.41 Å². The van der Waals surface area contributed by atoms with Gasteiger partial charge in [0.25, 0.3) is 0 Å². The summed E-state index contributed by atoms with van der Waals surface area (Å²) < 4.78 is 5.62. The topological polar surface area (TPSA) is 21.3 Å². The molecule has 0 heterocycles. The predicted molar refractivity (Wildman–Crippen MR) is 83.0 cm³/mol. The molecule has 2 heteroatoms. The van der Waals surface area contributed by atoms with E-state index < -0.39 is 0 Å². The van der Waals surface area contributed by atoms with E-state index in [1.165, 1.54) is 12.0 Å². The van der Waals surface area contributed by atoms with Crippen LogP contribution in [0.15, 0.2) is 24.3 Å². The third-order valence-corrected chi connectivity index (χ3v) is 3.46. The van der Waals surface area contributed by atoms with Gasteiger partial charge in [-0.2, -0.15) is 0 Å². The summed E-state index contributed by atoms with van der Waals surface area (Å²) in [4.78, 5) is 0. The van der Waals surface area contributed by atoms with Crippen molar-refractivity contribution in [2.24, 2.45) is 0 Å². The fourth-order valence-electron chi connectivity index (χ4n) is 2.07. The number of hydrogen-bond acceptors (Lipinski definition) is 2. The first-order chi connectivity index (χ1) is 9.10. The zero-order valence-electron chi connectivity index (χ0n) is 13.0. The molecule has 108 valence electrons. The van der Waals surface area contributed by atoms with Crippen molar-refractivity contribution < 1.29 is 4.74 Å². The van der Waals surface area contributed by atoms with Crippen molar-refractivity contribution in [2.45, 2.75) is 52.4 Å². The highest BCUT2D eigenvalue weighted by Gasteiger charge is 2.19. The molecule has 0 spiro atoms. The van der Waals surface area contributed by atoms with Gasteiger partial charge in [-0.15, -0.1) is 0 Å². The van der Waals surface area contributed by atoms with Gasteiger partial charge < -0.3 is 10.1 Å². The zero-order valence-corrected chi connectivity index (χ0v) is 13.0. The number of benzene rings is 1. The maximum absolute atomic E-state index is 5.62. The minimum absolute atomic E-state index is 0.212. The summed E-state index contributed by atoms with van der Waals surface area (Å²) in [5.74, 6) is 0.977. The van der Waals surface area contributed by atoms with E-state index in [4.69, 9.17) is 4.74 Å². The molecule has 0 saturated carbocycles. The van der Waals surface area contributed by atoms with Crippen LogP contribution in [0.2, 0.25) is 0 Å². The molecule has 0 unspecified atom stereocenters. The fraction of sp³-hybridized carbons (Fsp3) is 0.647. The summed E-state index contributed by atoms with van der Waals surface area (Å²) in [6.45, 7) is 11.9. The Hall–Kier alpha value is -1.02. The second-order valence-corrected chi connectivity index (χ2v) is 5.76. The largest absolute Gasteiger partial charge is 0.494 e. The number of nitrogens with one attached hydrogen (secondary N) is 1. The van der Waals surface area contributed by atoms with E-state index in [0.717, 1.165) is 38.3 Å². The Morgan fingerprint density at radius 1 is 1.00 bits per heavy atom. The van der Waals surface area contributed by atoms with Crippen molar-refractivity contribution in [3.63, 3.8) is 0 Å². The zero-order chi connectivity index (χ0) is 14.1. The van der Waals surface area contributed by atoms with Gasteiger partial charge in [0.1, 0.15) is 5.75 Å². The van der Waals surface area contributed by atoms with Crippen LogP contribution in [0.5, 0.6) is 5.75 Å². The predicted octanol–water partition coefficient (Wildman–Crippen LogP) is 4.14. The van der Waals surface area contributed by atoms with Crippen LogP contribution >= 0.6 is 0 Å². The molecule has 1 aromatic carbocycles. The summed E-state index contributed by atoms with van der Waals surface area (Å²) in [5.41, 5.74) is 1.60. The van der Waals surface area contributed by atoms with Gasteiger partial charge in [-0.3, -0.25) is 0 Å². The Balaban J connectivity index is 2.52. The molecule has 2 nitrogen and oxygen atoms in total. The fourth-order valence-corrected chi connectivity index (χ4v) is 2.07. The molecule has 0 amide bonds. The molecule has 0 aromatic heterocycles. The van der Waals surface area contributed by atoms with Crippen LogP contribution in [-0.2, 0) is 5.41 Å². The maximum Gasteiger partial charge on any atom is 0.119 e. The molecule has 0 bridgehead atoms. The summed E-state index contributed by atoms with van der Waals surface area (Å²) in [5, 5.41) is 3.48. The molecule has 0 atom stereocenters. The highest BCUT2D eigenvalue weighted by Crippen LogP contribution is 2.28. The van der Waals surface area contributed by atoms with Crippen molar-refractivity contribution >= 4 is 0 Å². The average molecular weight is 263 g/mol. The van der Waals surface area contributed by atoms with Gasteiger partial charge in [-0.05, 0) is 55.5 Å². The van der Waals surface area contributed by atoms with E-state index in [1.54, 1.807) is 0 Å². The van der Waals surface area contributed by atoms with Gasteiger partial charge >= 0.3 is 0 Å². The van der Waals surface area contributed by atoms with Crippen LogP contribution in [0.25, 0.3) is 0 Å². The average Bonchev–Trinajstić information content (AvgIpc) is 2.42. The summed E-state index contributed by atoms with van der Waals surface area (Å²) >= 11 is 0. The lowest BCUT2D eigenvalue weighted by Gasteiger charge is -2.25. The highest BCUT2D eigenvalue weighted by molar-refractivity contribution is 5.31. The SMILES string of the molecule is CCCNCCC(C)(C)c1ccc(OCCC)cc1. The first kappa shape index (κ1) is 16.0. The molecule has 1 rings (SSSR count). The van der Waals surface area contributed by atoms with Gasteiger partial charge in [-0.1, -0.05) is 39.8 Å². The van der Waals surface area contributed by atoms with Gasteiger partial charge in [0, 0.05) is 0 Å². The molecule has 0 aliphatic rings. The van der Waals surface area contributed by atoms with Crippen molar-refractivity contribution in [1.29, 1.82) is 0 Å². The third kappa shape index (κ3) is 5.65. The number of ether oxygens (including phenoxy) is 1. The Morgan fingerprint density at radius 2 is 1.68 bits per heavy atom. The van der Waals surface area contributed by atoms with Crippen molar-refractivity contribution in [3.8, 4) is 5.75 Å². The van der Waals surface area contributed by atoms with E-state index >= 15 is 0 Å². The minimum Gasteiger partial charge on any atom is -0.494 e. The standard InChI is InChI=1S/C17H29NO/c1-5-12-18-13-11-17(3,4)15-7-9-16(10-8-15)19-14-6-2/h7-10,18H,5-6,11-14H2,1-4H3. The summed E-state index contributed by atoms with van der Waals surface area (Å²) in [6, 6.07) is 8.58. The van der Waals surface area contributed by atoms with Crippen molar-refractivity contribution in [2.75, 3.05) is 19.7 Å². The van der Waals surface area contributed by atoms with Crippen LogP contribution in [0, 0.1) is 0 Å². The second kappa shape index (κ2) is 8.21. The van der Waals surface area contributed by atoms with Gasteiger partial charge in [-0.25, -0.2) is 0 Å². The van der Waals surface area contributed by atoms with E-state index in [0.29, 0.717) is 0 Å². The molecular formula is C17H29NO. The maximum atomic E-state index is 5.62. The highest BCUT2D eigenvalue weighted by atomic mass is 16.5. The van der Waals surface area contributed by atoms with Gasteiger partial charge in [0.05, 0.1) is 6.61 Å². The van der Waals surface area contributed by atoms with Crippen LogP contribution in [-0.4, -0.2) is 19.7 Å². The van der Waals surface area contributed by atoms with E-state index in [9.17, 15) is 0 Å². The lowest BCUT2D eigenvalue weighted by atomic mass is 9.81. The molecule has 0 aliphatic carbocycles. The van der Waals surface area contributed by atoms with Gasteiger partial charge in [0.15, 0.2) is 0 Å². The molecule has 1 N–H and O–H groups in total. The molecular weight excluding hydrogens is 234 g/mol. The molecule has 0 aliphatic heterocycles. The molecule has 0 radical (unpaired) electrons. The van der Waals surface area contributed by atoms with Crippen LogP contribution in [0.4, 0.5) is 0 Å². The quantitative estimate of drug-likeness (QED) is 0.676. The first-order valence-electron chi connectivity index (χ1n) is 7.54. The molecule has 0 saturated heterocycles. The third-order valence-electron chi connectivity index (χ3n) is 3.46.